The first-order valence-electron chi connectivity index (χ1n) is 8.63. The van der Waals surface area contributed by atoms with Crippen molar-refractivity contribution in [3.63, 3.8) is 0 Å². The van der Waals surface area contributed by atoms with Crippen molar-refractivity contribution in [2.24, 2.45) is 7.05 Å². The molecule has 28 heavy (non-hydrogen) atoms. The molecule has 0 saturated carbocycles. The van der Waals surface area contributed by atoms with E-state index in [4.69, 9.17) is 9.15 Å². The van der Waals surface area contributed by atoms with Crippen molar-refractivity contribution in [2.45, 2.75) is 20.1 Å². The van der Waals surface area contributed by atoms with Crippen LogP contribution in [0.3, 0.4) is 0 Å². The summed E-state index contributed by atoms with van der Waals surface area (Å²) in [6, 6.07) is 9.85. The number of hydrogen-bond donors (Lipinski definition) is 1. The van der Waals surface area contributed by atoms with E-state index in [0.29, 0.717) is 23.6 Å². The fourth-order valence-electron chi connectivity index (χ4n) is 2.52. The second-order valence-electron chi connectivity index (χ2n) is 6.13. The molecule has 0 radical (unpaired) electrons. The highest BCUT2D eigenvalue weighted by Crippen LogP contribution is 2.16. The molecule has 8 nitrogen and oxygen atoms in total. The van der Waals surface area contributed by atoms with Crippen LogP contribution in [0, 0.1) is 6.92 Å². The molecular formula is C20H21N3O5. The molecule has 0 bridgehead atoms. The van der Waals surface area contributed by atoms with Gasteiger partial charge < -0.3 is 19.2 Å². The summed E-state index contributed by atoms with van der Waals surface area (Å²) in [5.41, 5.74) is 2.38. The van der Waals surface area contributed by atoms with Gasteiger partial charge in [-0.25, -0.2) is 4.79 Å². The maximum atomic E-state index is 12.2. The van der Waals surface area contributed by atoms with Crippen LogP contribution in [0.5, 0.6) is 5.75 Å². The van der Waals surface area contributed by atoms with Crippen LogP contribution in [-0.2, 0) is 24.9 Å². The number of carbonyl (C=O) groups excluding carboxylic acids is 2. The molecule has 3 aromatic rings. The number of furan rings is 1. The predicted molar refractivity (Wildman–Crippen MR) is 99.9 cm³/mol. The highest BCUT2D eigenvalue weighted by Gasteiger charge is 2.13. The number of aryl methyl sites for hydroxylation is 1. The Balaban J connectivity index is 1.52. The van der Waals surface area contributed by atoms with Gasteiger partial charge in [0.2, 0.25) is 0 Å². The third kappa shape index (κ3) is 4.40. The minimum atomic E-state index is -0.408. The Morgan fingerprint density at radius 2 is 1.93 bits per heavy atom. The Morgan fingerprint density at radius 3 is 2.57 bits per heavy atom. The second-order valence-corrected chi connectivity index (χ2v) is 6.13. The summed E-state index contributed by atoms with van der Waals surface area (Å²) in [7, 11) is 3.18. The van der Waals surface area contributed by atoms with Crippen molar-refractivity contribution in [1.82, 2.24) is 15.1 Å². The van der Waals surface area contributed by atoms with E-state index in [1.165, 1.54) is 7.11 Å². The van der Waals surface area contributed by atoms with Crippen molar-refractivity contribution in [1.29, 1.82) is 0 Å². The standard InChI is InChI=1S/C20H21N3O5/c1-13-15(11-22-23(13)2)10-21-19(24)18-9-8-17(28-18)12-27-16-6-4-14(5-7-16)20(25)26-3/h4-9,11H,10,12H2,1-3H3,(H,21,24). The zero-order chi connectivity index (χ0) is 20.1. The van der Waals surface area contributed by atoms with Crippen LogP contribution in [0.25, 0.3) is 0 Å². The maximum absolute atomic E-state index is 12.2. The zero-order valence-corrected chi connectivity index (χ0v) is 15.9. The van der Waals surface area contributed by atoms with Crippen molar-refractivity contribution in [2.75, 3.05) is 7.11 Å². The van der Waals surface area contributed by atoms with Gasteiger partial charge in [0.15, 0.2) is 5.76 Å². The number of nitrogens with zero attached hydrogens (tertiary/aromatic N) is 2. The monoisotopic (exact) mass is 383 g/mol. The first-order valence-corrected chi connectivity index (χ1v) is 8.63. The van der Waals surface area contributed by atoms with Crippen LogP contribution in [-0.4, -0.2) is 28.8 Å². The van der Waals surface area contributed by atoms with E-state index in [1.54, 1.807) is 47.3 Å². The molecule has 1 amide bonds. The average Bonchev–Trinajstić information content (AvgIpc) is 3.32. The number of hydrogen-bond acceptors (Lipinski definition) is 6. The quantitative estimate of drug-likeness (QED) is 0.630. The molecule has 0 aliphatic rings. The molecule has 0 unspecified atom stereocenters. The highest BCUT2D eigenvalue weighted by molar-refractivity contribution is 5.91. The smallest absolute Gasteiger partial charge is 0.337 e. The van der Waals surface area contributed by atoms with Gasteiger partial charge in [0.25, 0.3) is 5.91 Å². The highest BCUT2D eigenvalue weighted by atomic mass is 16.5. The summed E-state index contributed by atoms with van der Waals surface area (Å²) in [4.78, 5) is 23.7. The van der Waals surface area contributed by atoms with Crippen molar-refractivity contribution < 1.29 is 23.5 Å². The van der Waals surface area contributed by atoms with Crippen molar-refractivity contribution in [3.05, 3.63) is 70.9 Å². The molecule has 0 fully saturated rings. The largest absolute Gasteiger partial charge is 0.486 e. The number of esters is 1. The Kier molecular flexibility index (Phi) is 5.78. The van der Waals surface area contributed by atoms with Crippen LogP contribution in [0.1, 0.15) is 37.9 Å². The molecule has 1 N–H and O–H groups in total. The van der Waals surface area contributed by atoms with Gasteiger partial charge in [0.1, 0.15) is 18.1 Å². The molecule has 3 rings (SSSR count). The van der Waals surface area contributed by atoms with Gasteiger partial charge in [0.05, 0.1) is 18.9 Å². The molecule has 0 atom stereocenters. The lowest BCUT2D eigenvalue weighted by Gasteiger charge is -2.05. The zero-order valence-electron chi connectivity index (χ0n) is 15.9. The first kappa shape index (κ1) is 19.2. The Hall–Kier alpha value is -3.55. The molecule has 8 heteroatoms. The van der Waals surface area contributed by atoms with E-state index in [1.807, 2.05) is 14.0 Å². The number of benzene rings is 1. The van der Waals surface area contributed by atoms with Gasteiger partial charge in [-0.05, 0) is 43.3 Å². The van der Waals surface area contributed by atoms with Crippen LogP contribution in [0.2, 0.25) is 0 Å². The Morgan fingerprint density at radius 1 is 1.18 bits per heavy atom. The SMILES string of the molecule is COC(=O)c1ccc(OCc2ccc(C(=O)NCc3cnn(C)c3C)o2)cc1. The molecule has 0 saturated heterocycles. The Labute approximate surface area is 162 Å². The lowest BCUT2D eigenvalue weighted by atomic mass is 10.2. The summed E-state index contributed by atoms with van der Waals surface area (Å²) in [5, 5.41) is 6.95. The van der Waals surface area contributed by atoms with Crippen molar-refractivity contribution >= 4 is 11.9 Å². The summed E-state index contributed by atoms with van der Waals surface area (Å²) < 4.78 is 17.6. The maximum Gasteiger partial charge on any atom is 0.337 e. The summed E-state index contributed by atoms with van der Waals surface area (Å²) in [6.45, 7) is 2.47. The molecule has 0 spiro atoms. The summed E-state index contributed by atoms with van der Waals surface area (Å²) in [5.74, 6) is 0.578. The summed E-state index contributed by atoms with van der Waals surface area (Å²) in [6.07, 6.45) is 1.72. The van der Waals surface area contributed by atoms with E-state index >= 15 is 0 Å². The Bertz CT molecular complexity index is 972. The van der Waals surface area contributed by atoms with Crippen LogP contribution in [0.15, 0.2) is 47.0 Å². The number of amides is 1. The van der Waals surface area contributed by atoms with Gasteiger partial charge in [-0.2, -0.15) is 5.10 Å². The van der Waals surface area contributed by atoms with E-state index in [0.717, 1.165) is 11.3 Å². The number of rotatable bonds is 7. The van der Waals surface area contributed by atoms with Crippen LogP contribution >= 0.6 is 0 Å². The molecule has 1 aromatic carbocycles. The number of methoxy groups -OCH3 is 1. The second kappa shape index (κ2) is 8.43. The molecule has 146 valence electrons. The van der Waals surface area contributed by atoms with E-state index < -0.39 is 5.97 Å². The minimum Gasteiger partial charge on any atom is -0.486 e. The number of nitrogens with one attached hydrogen (secondary N) is 1. The summed E-state index contributed by atoms with van der Waals surface area (Å²) >= 11 is 0. The molecule has 0 aliphatic heterocycles. The lowest BCUT2D eigenvalue weighted by Crippen LogP contribution is -2.22. The predicted octanol–water partition coefficient (Wildman–Crippen LogP) is 2.62. The van der Waals surface area contributed by atoms with Crippen LogP contribution in [0.4, 0.5) is 0 Å². The molecular weight excluding hydrogens is 362 g/mol. The fraction of sp³-hybridized carbons (Fsp3) is 0.250. The van der Waals surface area contributed by atoms with E-state index in [9.17, 15) is 9.59 Å². The van der Waals surface area contributed by atoms with Gasteiger partial charge in [-0.1, -0.05) is 0 Å². The van der Waals surface area contributed by atoms with E-state index in [2.05, 4.69) is 15.2 Å². The topological polar surface area (TPSA) is 95.6 Å². The van der Waals surface area contributed by atoms with Gasteiger partial charge in [-0.3, -0.25) is 9.48 Å². The number of aromatic nitrogens is 2. The van der Waals surface area contributed by atoms with Gasteiger partial charge >= 0.3 is 5.97 Å². The molecule has 2 aromatic heterocycles. The molecule has 2 heterocycles. The van der Waals surface area contributed by atoms with Gasteiger partial charge in [-0.15, -0.1) is 0 Å². The number of carbonyl (C=O) groups is 2. The number of ether oxygens (including phenoxy) is 2. The third-order valence-electron chi connectivity index (χ3n) is 4.32. The van der Waals surface area contributed by atoms with Crippen LogP contribution < -0.4 is 10.1 Å². The lowest BCUT2D eigenvalue weighted by molar-refractivity contribution is 0.0600. The van der Waals surface area contributed by atoms with E-state index in [-0.39, 0.29) is 18.3 Å². The van der Waals surface area contributed by atoms with Crippen molar-refractivity contribution in [3.8, 4) is 5.75 Å². The normalized spacial score (nSPS) is 10.5. The third-order valence-corrected chi connectivity index (χ3v) is 4.32. The first-order chi connectivity index (χ1) is 13.5. The minimum absolute atomic E-state index is 0.159. The molecule has 0 aliphatic carbocycles. The average molecular weight is 383 g/mol. The van der Waals surface area contributed by atoms with Gasteiger partial charge in [0, 0.05) is 24.8 Å². The fourth-order valence-corrected chi connectivity index (χ4v) is 2.52.